The van der Waals surface area contributed by atoms with Crippen LogP contribution < -0.4 is 0 Å². The fourth-order valence-corrected chi connectivity index (χ4v) is 1.86. The molecule has 0 aromatic carbocycles. The zero-order valence-electron chi connectivity index (χ0n) is 7.45. The van der Waals surface area contributed by atoms with Gasteiger partial charge in [0.15, 0.2) is 0 Å². The lowest BCUT2D eigenvalue weighted by Gasteiger charge is -2.26. The van der Waals surface area contributed by atoms with E-state index in [0.717, 1.165) is 18.8 Å². The molecule has 0 aromatic heterocycles. The van der Waals surface area contributed by atoms with Gasteiger partial charge in [0.2, 0.25) is 0 Å². The summed E-state index contributed by atoms with van der Waals surface area (Å²) in [6, 6.07) is 4.15. The van der Waals surface area contributed by atoms with Crippen molar-refractivity contribution in [3.05, 3.63) is 0 Å². The second kappa shape index (κ2) is 4.12. The number of nitrogens with zero attached hydrogens (tertiary/aromatic N) is 2. The molecule has 0 atom stereocenters. The molecule has 0 N–H and O–H groups in total. The SMILES string of the molecule is CC1CCC(C(C#N)C#N)CC1. The zero-order valence-corrected chi connectivity index (χ0v) is 7.45. The van der Waals surface area contributed by atoms with Crippen molar-refractivity contribution < 1.29 is 0 Å². The standard InChI is InChI=1S/C10H14N2/c1-8-2-4-9(5-3-8)10(6-11)7-12/h8-10H,2-5H2,1H3. The van der Waals surface area contributed by atoms with Crippen molar-refractivity contribution in [2.45, 2.75) is 32.6 Å². The topological polar surface area (TPSA) is 47.6 Å². The highest BCUT2D eigenvalue weighted by Gasteiger charge is 2.25. The summed E-state index contributed by atoms with van der Waals surface area (Å²) < 4.78 is 0. The molecule has 0 saturated heterocycles. The second-order valence-electron chi connectivity index (χ2n) is 3.76. The molecule has 0 heterocycles. The first-order chi connectivity index (χ1) is 5.77. The summed E-state index contributed by atoms with van der Waals surface area (Å²) in [7, 11) is 0. The van der Waals surface area contributed by atoms with Gasteiger partial charge < -0.3 is 0 Å². The molecule has 0 amide bonds. The molecule has 0 spiro atoms. The first-order valence-electron chi connectivity index (χ1n) is 4.57. The third-order valence-corrected chi connectivity index (χ3v) is 2.81. The minimum atomic E-state index is -0.363. The van der Waals surface area contributed by atoms with Gasteiger partial charge in [0.05, 0.1) is 12.1 Å². The Labute approximate surface area is 73.8 Å². The summed E-state index contributed by atoms with van der Waals surface area (Å²) >= 11 is 0. The van der Waals surface area contributed by atoms with Crippen LogP contribution in [0.3, 0.4) is 0 Å². The fraction of sp³-hybridized carbons (Fsp3) is 0.800. The van der Waals surface area contributed by atoms with Gasteiger partial charge in [-0.25, -0.2) is 0 Å². The molecule has 12 heavy (non-hydrogen) atoms. The average Bonchev–Trinajstić information content (AvgIpc) is 2.10. The van der Waals surface area contributed by atoms with Gasteiger partial charge in [-0.1, -0.05) is 19.8 Å². The van der Waals surface area contributed by atoms with Crippen molar-refractivity contribution in [2.24, 2.45) is 17.8 Å². The highest BCUT2D eigenvalue weighted by Crippen LogP contribution is 2.32. The first kappa shape index (κ1) is 9.07. The average molecular weight is 162 g/mol. The molecule has 1 aliphatic carbocycles. The second-order valence-corrected chi connectivity index (χ2v) is 3.76. The van der Waals surface area contributed by atoms with E-state index in [9.17, 15) is 0 Å². The van der Waals surface area contributed by atoms with Crippen LogP contribution >= 0.6 is 0 Å². The lowest BCUT2D eigenvalue weighted by Crippen LogP contribution is -2.18. The number of nitriles is 2. The van der Waals surface area contributed by atoms with Gasteiger partial charge in [-0.2, -0.15) is 10.5 Å². The molecule has 0 aromatic rings. The van der Waals surface area contributed by atoms with Crippen molar-refractivity contribution in [2.75, 3.05) is 0 Å². The molecule has 0 aliphatic heterocycles. The van der Waals surface area contributed by atoms with Gasteiger partial charge in [-0.15, -0.1) is 0 Å². The van der Waals surface area contributed by atoms with E-state index in [-0.39, 0.29) is 5.92 Å². The quantitative estimate of drug-likeness (QED) is 0.594. The molecule has 64 valence electrons. The summed E-state index contributed by atoms with van der Waals surface area (Å²) in [5.41, 5.74) is 0. The minimum absolute atomic E-state index is 0.344. The van der Waals surface area contributed by atoms with Gasteiger partial charge in [-0.3, -0.25) is 0 Å². The molecular weight excluding hydrogens is 148 g/mol. The van der Waals surface area contributed by atoms with Crippen LogP contribution in [-0.4, -0.2) is 0 Å². The van der Waals surface area contributed by atoms with Crippen LogP contribution in [0.4, 0.5) is 0 Å². The Hall–Kier alpha value is -1.02. The van der Waals surface area contributed by atoms with Crippen molar-refractivity contribution >= 4 is 0 Å². The highest BCUT2D eigenvalue weighted by molar-refractivity contribution is 5.03. The number of hydrogen-bond acceptors (Lipinski definition) is 2. The molecule has 1 saturated carbocycles. The van der Waals surface area contributed by atoms with Gasteiger partial charge in [0.25, 0.3) is 0 Å². The van der Waals surface area contributed by atoms with Gasteiger partial charge in [0.1, 0.15) is 5.92 Å². The van der Waals surface area contributed by atoms with E-state index in [1.807, 2.05) is 0 Å². The Kier molecular flexibility index (Phi) is 3.11. The minimum Gasteiger partial charge on any atom is -0.197 e. The van der Waals surface area contributed by atoms with E-state index in [2.05, 4.69) is 19.1 Å². The summed E-state index contributed by atoms with van der Waals surface area (Å²) in [6.45, 7) is 2.24. The maximum Gasteiger partial charge on any atom is 0.136 e. The van der Waals surface area contributed by atoms with Crippen LogP contribution in [0, 0.1) is 40.4 Å². The van der Waals surface area contributed by atoms with E-state index >= 15 is 0 Å². The molecule has 0 unspecified atom stereocenters. The molecule has 1 fully saturated rings. The monoisotopic (exact) mass is 162 g/mol. The Balaban J connectivity index is 2.45. The fourth-order valence-electron chi connectivity index (χ4n) is 1.86. The first-order valence-corrected chi connectivity index (χ1v) is 4.57. The predicted molar refractivity (Wildman–Crippen MR) is 45.8 cm³/mol. The van der Waals surface area contributed by atoms with Crippen LogP contribution in [0.5, 0.6) is 0 Å². The molecule has 1 aliphatic rings. The Morgan fingerprint density at radius 3 is 2.00 bits per heavy atom. The Morgan fingerprint density at radius 2 is 1.58 bits per heavy atom. The molecule has 0 bridgehead atoms. The van der Waals surface area contributed by atoms with Crippen LogP contribution in [0.1, 0.15) is 32.6 Å². The maximum atomic E-state index is 8.67. The van der Waals surface area contributed by atoms with Crippen molar-refractivity contribution in [3.8, 4) is 12.1 Å². The molecule has 0 radical (unpaired) electrons. The third kappa shape index (κ3) is 1.98. The maximum absolute atomic E-state index is 8.67. The summed E-state index contributed by atoms with van der Waals surface area (Å²) in [4.78, 5) is 0. The van der Waals surface area contributed by atoms with Crippen molar-refractivity contribution in [1.82, 2.24) is 0 Å². The van der Waals surface area contributed by atoms with E-state index in [0.29, 0.717) is 5.92 Å². The van der Waals surface area contributed by atoms with Crippen LogP contribution in [0.15, 0.2) is 0 Å². The van der Waals surface area contributed by atoms with Gasteiger partial charge >= 0.3 is 0 Å². The third-order valence-electron chi connectivity index (χ3n) is 2.81. The van der Waals surface area contributed by atoms with Crippen LogP contribution in [-0.2, 0) is 0 Å². The summed E-state index contributed by atoms with van der Waals surface area (Å²) in [6.07, 6.45) is 4.50. The Morgan fingerprint density at radius 1 is 1.08 bits per heavy atom. The van der Waals surface area contributed by atoms with Crippen molar-refractivity contribution in [1.29, 1.82) is 10.5 Å². The predicted octanol–water partition coefficient (Wildman–Crippen LogP) is 2.48. The van der Waals surface area contributed by atoms with Gasteiger partial charge in [-0.05, 0) is 24.7 Å². The summed E-state index contributed by atoms with van der Waals surface area (Å²) in [5.74, 6) is 0.771. The van der Waals surface area contributed by atoms with E-state index in [1.54, 1.807) is 0 Å². The molecule has 2 nitrogen and oxygen atoms in total. The van der Waals surface area contributed by atoms with Crippen LogP contribution in [0.2, 0.25) is 0 Å². The smallest absolute Gasteiger partial charge is 0.136 e. The molecule has 1 rings (SSSR count). The highest BCUT2D eigenvalue weighted by atomic mass is 14.4. The lowest BCUT2D eigenvalue weighted by molar-refractivity contribution is 0.268. The number of rotatable bonds is 1. The molecule has 2 heteroatoms. The van der Waals surface area contributed by atoms with E-state index < -0.39 is 0 Å². The van der Waals surface area contributed by atoms with Gasteiger partial charge in [0, 0.05) is 0 Å². The largest absolute Gasteiger partial charge is 0.197 e. The normalized spacial score (nSPS) is 29.3. The van der Waals surface area contributed by atoms with Crippen molar-refractivity contribution in [3.63, 3.8) is 0 Å². The lowest BCUT2D eigenvalue weighted by atomic mass is 9.77. The molecular formula is C10H14N2. The van der Waals surface area contributed by atoms with E-state index in [4.69, 9.17) is 10.5 Å². The van der Waals surface area contributed by atoms with Crippen LogP contribution in [0.25, 0.3) is 0 Å². The summed E-state index contributed by atoms with van der Waals surface area (Å²) in [5, 5.41) is 17.3. The zero-order chi connectivity index (χ0) is 8.97. The van der Waals surface area contributed by atoms with E-state index in [1.165, 1.54) is 12.8 Å². The number of hydrogen-bond donors (Lipinski definition) is 0. The Bertz CT molecular complexity index is 199.